The molecule has 1 aliphatic rings. The molecule has 1 aliphatic heterocycles. The van der Waals surface area contributed by atoms with Crippen LogP contribution in [0.2, 0.25) is 0 Å². The summed E-state index contributed by atoms with van der Waals surface area (Å²) in [6.07, 6.45) is -1.01. The predicted octanol–water partition coefficient (Wildman–Crippen LogP) is 6.25. The van der Waals surface area contributed by atoms with Gasteiger partial charge >= 0.3 is 6.18 Å². The first-order valence-corrected chi connectivity index (χ1v) is 11.6. The largest absolute Gasteiger partial charge is 0.508 e. The maximum absolute atomic E-state index is 13.6. The molecule has 0 spiro atoms. The number of hydrogen-bond donors (Lipinski definition) is 1. The van der Waals surface area contributed by atoms with E-state index in [9.17, 15) is 23.1 Å². The van der Waals surface area contributed by atoms with E-state index in [1.54, 1.807) is 24.3 Å². The van der Waals surface area contributed by atoms with Crippen LogP contribution in [0.4, 0.5) is 24.5 Å². The molecule has 0 unspecified atom stereocenters. The fraction of sp³-hybridized carbons (Fsp3) is 0.296. The Balaban J connectivity index is 1.58. The highest BCUT2D eigenvalue weighted by Gasteiger charge is 2.36. The Morgan fingerprint density at radius 2 is 1.49 bits per heavy atom. The molecule has 3 aromatic rings. The standard InChI is InChI=1S/C27H27F3N2O3/c28-27(29,30)25-7-3-2-6-24(25)26(34)32(20-8-12-22(33)13-9-20)21-10-14-23(15-11-21)35-19-18-31-16-4-1-5-17-31/h2-3,6-15,33H,1,4-5,16-19H2. The summed E-state index contributed by atoms with van der Waals surface area (Å²) in [7, 11) is 0. The number of halogens is 3. The summed E-state index contributed by atoms with van der Waals surface area (Å²) < 4.78 is 46.7. The number of rotatable bonds is 7. The number of benzene rings is 3. The molecule has 4 rings (SSSR count). The number of amides is 1. The fourth-order valence-corrected chi connectivity index (χ4v) is 4.19. The number of aromatic hydroxyl groups is 1. The first kappa shape index (κ1) is 24.6. The van der Waals surface area contributed by atoms with Crippen LogP contribution in [-0.2, 0) is 6.18 Å². The molecule has 184 valence electrons. The summed E-state index contributed by atoms with van der Waals surface area (Å²) in [6, 6.07) is 17.1. The van der Waals surface area contributed by atoms with E-state index in [0.29, 0.717) is 23.7 Å². The van der Waals surface area contributed by atoms with Gasteiger partial charge in [-0.1, -0.05) is 18.6 Å². The zero-order valence-corrected chi connectivity index (χ0v) is 19.2. The van der Waals surface area contributed by atoms with E-state index in [4.69, 9.17) is 4.74 Å². The zero-order chi connectivity index (χ0) is 24.8. The molecule has 1 amide bonds. The summed E-state index contributed by atoms with van der Waals surface area (Å²) in [5, 5.41) is 9.66. The average Bonchev–Trinajstić information content (AvgIpc) is 2.86. The highest BCUT2D eigenvalue weighted by atomic mass is 19.4. The van der Waals surface area contributed by atoms with Crippen LogP contribution >= 0.6 is 0 Å². The molecule has 5 nitrogen and oxygen atoms in total. The minimum atomic E-state index is -4.68. The lowest BCUT2D eigenvalue weighted by molar-refractivity contribution is -0.137. The van der Waals surface area contributed by atoms with E-state index >= 15 is 0 Å². The number of nitrogens with zero attached hydrogens (tertiary/aromatic N) is 2. The van der Waals surface area contributed by atoms with Crippen LogP contribution in [0.15, 0.2) is 72.8 Å². The maximum Gasteiger partial charge on any atom is 0.417 e. The van der Waals surface area contributed by atoms with E-state index < -0.39 is 23.2 Å². The second kappa shape index (κ2) is 10.8. The first-order chi connectivity index (χ1) is 16.8. The van der Waals surface area contributed by atoms with Crippen molar-refractivity contribution < 1.29 is 27.8 Å². The van der Waals surface area contributed by atoms with Crippen molar-refractivity contribution in [3.05, 3.63) is 83.9 Å². The summed E-state index contributed by atoms with van der Waals surface area (Å²) in [6.45, 7) is 3.50. The number of piperidine rings is 1. The topological polar surface area (TPSA) is 53.0 Å². The summed E-state index contributed by atoms with van der Waals surface area (Å²) in [5.41, 5.74) is -0.772. The molecule has 0 aromatic heterocycles. The molecule has 1 fully saturated rings. The van der Waals surface area contributed by atoms with Gasteiger partial charge in [-0.2, -0.15) is 13.2 Å². The Morgan fingerprint density at radius 1 is 0.886 bits per heavy atom. The van der Waals surface area contributed by atoms with Crippen molar-refractivity contribution in [1.29, 1.82) is 0 Å². The van der Waals surface area contributed by atoms with Crippen molar-refractivity contribution in [1.82, 2.24) is 4.90 Å². The zero-order valence-electron chi connectivity index (χ0n) is 19.2. The Bertz CT molecular complexity index is 1130. The third-order valence-electron chi connectivity index (χ3n) is 5.99. The Kier molecular flexibility index (Phi) is 7.60. The quantitative estimate of drug-likeness (QED) is 0.431. The third kappa shape index (κ3) is 6.14. The SMILES string of the molecule is O=C(c1ccccc1C(F)(F)F)N(c1ccc(O)cc1)c1ccc(OCCN2CCCCC2)cc1. The van der Waals surface area contributed by atoms with Gasteiger partial charge in [0.05, 0.1) is 11.1 Å². The number of anilines is 2. The molecular formula is C27H27F3N2O3. The van der Waals surface area contributed by atoms with Gasteiger partial charge in [0.1, 0.15) is 18.1 Å². The summed E-state index contributed by atoms with van der Waals surface area (Å²) in [5.74, 6) is -0.240. The number of alkyl halides is 3. The first-order valence-electron chi connectivity index (χ1n) is 11.6. The van der Waals surface area contributed by atoms with Gasteiger partial charge in [-0.15, -0.1) is 0 Å². The van der Waals surface area contributed by atoms with Gasteiger partial charge < -0.3 is 9.84 Å². The smallest absolute Gasteiger partial charge is 0.417 e. The van der Waals surface area contributed by atoms with Crippen molar-refractivity contribution in [2.75, 3.05) is 31.1 Å². The van der Waals surface area contributed by atoms with Crippen molar-refractivity contribution in [2.45, 2.75) is 25.4 Å². The molecule has 3 aromatic carbocycles. The van der Waals surface area contributed by atoms with E-state index in [0.717, 1.165) is 31.8 Å². The maximum atomic E-state index is 13.6. The van der Waals surface area contributed by atoms with Gasteiger partial charge in [0.15, 0.2) is 0 Å². The minimum Gasteiger partial charge on any atom is -0.508 e. The van der Waals surface area contributed by atoms with Crippen LogP contribution in [0.1, 0.15) is 35.2 Å². The lowest BCUT2D eigenvalue weighted by Gasteiger charge is -2.26. The number of phenolic OH excluding ortho intramolecular Hbond substituents is 1. The van der Waals surface area contributed by atoms with Crippen LogP contribution < -0.4 is 9.64 Å². The molecule has 1 heterocycles. The number of phenols is 1. The average molecular weight is 485 g/mol. The van der Waals surface area contributed by atoms with Crippen molar-refractivity contribution in [3.8, 4) is 11.5 Å². The number of likely N-dealkylation sites (tertiary alicyclic amines) is 1. The normalized spacial score (nSPS) is 14.5. The molecule has 0 saturated carbocycles. The van der Waals surface area contributed by atoms with Crippen molar-refractivity contribution in [3.63, 3.8) is 0 Å². The van der Waals surface area contributed by atoms with Gasteiger partial charge in [-0.25, -0.2) is 0 Å². The van der Waals surface area contributed by atoms with E-state index in [-0.39, 0.29) is 5.75 Å². The molecule has 1 saturated heterocycles. The Labute approximate surface area is 202 Å². The lowest BCUT2D eigenvalue weighted by Crippen LogP contribution is -2.33. The molecule has 1 N–H and O–H groups in total. The number of carbonyl (C=O) groups is 1. The molecule has 8 heteroatoms. The third-order valence-corrected chi connectivity index (χ3v) is 5.99. The number of hydrogen-bond acceptors (Lipinski definition) is 4. The van der Waals surface area contributed by atoms with Crippen LogP contribution in [-0.4, -0.2) is 42.2 Å². The second-order valence-electron chi connectivity index (χ2n) is 8.44. The fourth-order valence-electron chi connectivity index (χ4n) is 4.19. The van der Waals surface area contributed by atoms with Crippen molar-refractivity contribution >= 4 is 17.3 Å². The molecule has 0 aliphatic carbocycles. The monoisotopic (exact) mass is 484 g/mol. The predicted molar refractivity (Wildman–Crippen MR) is 128 cm³/mol. The van der Waals surface area contributed by atoms with Gasteiger partial charge in [-0.3, -0.25) is 14.6 Å². The summed E-state index contributed by atoms with van der Waals surface area (Å²) in [4.78, 5) is 17.0. The van der Waals surface area contributed by atoms with E-state index in [1.807, 2.05) is 0 Å². The Morgan fingerprint density at radius 3 is 2.11 bits per heavy atom. The molecule has 0 bridgehead atoms. The highest BCUT2D eigenvalue weighted by molar-refractivity contribution is 6.11. The van der Waals surface area contributed by atoms with Crippen LogP contribution in [0.5, 0.6) is 11.5 Å². The van der Waals surface area contributed by atoms with Crippen LogP contribution in [0.3, 0.4) is 0 Å². The van der Waals surface area contributed by atoms with Gasteiger partial charge in [0.25, 0.3) is 5.91 Å². The number of carbonyl (C=O) groups excluding carboxylic acids is 1. The second-order valence-corrected chi connectivity index (χ2v) is 8.44. The van der Waals surface area contributed by atoms with Gasteiger partial charge in [0, 0.05) is 17.9 Å². The van der Waals surface area contributed by atoms with E-state index in [1.165, 1.54) is 60.6 Å². The van der Waals surface area contributed by atoms with Crippen molar-refractivity contribution in [2.24, 2.45) is 0 Å². The number of ether oxygens (including phenoxy) is 1. The molecule has 0 radical (unpaired) electrons. The Hall–Kier alpha value is -3.52. The molecule has 35 heavy (non-hydrogen) atoms. The van der Waals surface area contributed by atoms with Crippen LogP contribution in [0, 0.1) is 0 Å². The van der Waals surface area contributed by atoms with Gasteiger partial charge in [0.2, 0.25) is 0 Å². The molecular weight excluding hydrogens is 457 g/mol. The highest BCUT2D eigenvalue weighted by Crippen LogP contribution is 2.36. The lowest BCUT2D eigenvalue weighted by atomic mass is 10.0. The summed E-state index contributed by atoms with van der Waals surface area (Å²) >= 11 is 0. The van der Waals surface area contributed by atoms with Crippen LogP contribution in [0.25, 0.3) is 0 Å². The van der Waals surface area contributed by atoms with E-state index in [2.05, 4.69) is 4.90 Å². The van der Waals surface area contributed by atoms with Gasteiger partial charge in [-0.05, 0) is 86.6 Å². The minimum absolute atomic E-state index is 0.0192. The molecule has 0 atom stereocenters.